The Hall–Kier alpha value is -2.92. The number of benzene rings is 2. The van der Waals surface area contributed by atoms with Gasteiger partial charge in [-0.1, -0.05) is 73.7 Å². The monoisotopic (exact) mass is 448 g/mol. The summed E-state index contributed by atoms with van der Waals surface area (Å²) in [7, 11) is 0. The molecule has 2 aromatic carbocycles. The van der Waals surface area contributed by atoms with Gasteiger partial charge in [0.1, 0.15) is 0 Å². The normalized spacial score (nSPS) is 10.8. The zero-order chi connectivity index (χ0) is 22.6. The summed E-state index contributed by atoms with van der Waals surface area (Å²) in [6.07, 6.45) is 2.45. The smallest absolute Gasteiger partial charge is 0.227 e. The number of carbonyl (C=O) groups excluding carboxylic acids is 2. The lowest BCUT2D eigenvalue weighted by molar-refractivity contribution is -0.131. The van der Waals surface area contributed by atoms with Gasteiger partial charge in [0, 0.05) is 36.9 Å². The van der Waals surface area contributed by atoms with Gasteiger partial charge in [0.25, 0.3) is 0 Å². The molecule has 1 aromatic heterocycles. The summed E-state index contributed by atoms with van der Waals surface area (Å²) in [5.41, 5.74) is 2.50. The van der Waals surface area contributed by atoms with Gasteiger partial charge in [-0.05, 0) is 35.4 Å². The molecule has 0 atom stereocenters. The van der Waals surface area contributed by atoms with Gasteiger partial charge in [-0.15, -0.1) is 11.3 Å². The maximum Gasteiger partial charge on any atom is 0.227 e. The molecule has 0 aliphatic carbocycles. The fourth-order valence-corrected chi connectivity index (χ4v) is 4.58. The maximum absolute atomic E-state index is 12.6. The van der Waals surface area contributed by atoms with Crippen molar-refractivity contribution in [3.63, 3.8) is 0 Å². The number of amides is 2. The fourth-order valence-electron chi connectivity index (χ4n) is 3.88. The molecule has 3 rings (SSSR count). The highest BCUT2D eigenvalue weighted by molar-refractivity contribution is 7.10. The molecular formula is C27H32N2O2S. The van der Waals surface area contributed by atoms with Gasteiger partial charge in [0.05, 0.1) is 6.42 Å². The summed E-state index contributed by atoms with van der Waals surface area (Å²) in [5, 5.41) is 5.04. The summed E-state index contributed by atoms with van der Waals surface area (Å²) in [6.45, 7) is 3.80. The second-order valence-corrected chi connectivity index (χ2v) is 8.93. The van der Waals surface area contributed by atoms with E-state index >= 15 is 0 Å². The molecule has 5 heteroatoms. The molecule has 0 saturated heterocycles. The van der Waals surface area contributed by atoms with E-state index in [4.69, 9.17) is 0 Å². The number of thiophene rings is 1. The third kappa shape index (κ3) is 7.34. The van der Waals surface area contributed by atoms with E-state index < -0.39 is 0 Å². The molecule has 2 amide bonds. The van der Waals surface area contributed by atoms with Crippen LogP contribution in [0.4, 0.5) is 0 Å². The van der Waals surface area contributed by atoms with Gasteiger partial charge >= 0.3 is 0 Å². The number of carbonyl (C=O) groups is 2. The van der Waals surface area contributed by atoms with Crippen LogP contribution < -0.4 is 5.32 Å². The van der Waals surface area contributed by atoms with Crippen molar-refractivity contribution >= 4 is 23.2 Å². The molecule has 0 radical (unpaired) electrons. The van der Waals surface area contributed by atoms with Gasteiger partial charge < -0.3 is 10.2 Å². The minimum absolute atomic E-state index is 0.00472. The van der Waals surface area contributed by atoms with E-state index in [0.717, 1.165) is 17.7 Å². The van der Waals surface area contributed by atoms with Crippen molar-refractivity contribution in [2.45, 2.75) is 38.5 Å². The molecule has 0 aliphatic heterocycles. The van der Waals surface area contributed by atoms with E-state index in [1.807, 2.05) is 34.5 Å². The second kappa shape index (κ2) is 12.8. The number of hydrogen-bond acceptors (Lipinski definition) is 3. The molecule has 0 unspecified atom stereocenters. The molecule has 3 aromatic rings. The molecule has 0 saturated carbocycles. The van der Waals surface area contributed by atoms with Gasteiger partial charge in [-0.2, -0.15) is 0 Å². The number of rotatable bonds is 12. The summed E-state index contributed by atoms with van der Waals surface area (Å²) in [4.78, 5) is 28.0. The Kier molecular flexibility index (Phi) is 9.51. The van der Waals surface area contributed by atoms with E-state index in [2.05, 4.69) is 60.8 Å². The van der Waals surface area contributed by atoms with Crippen LogP contribution in [0, 0.1) is 0 Å². The van der Waals surface area contributed by atoms with Gasteiger partial charge in [0.2, 0.25) is 11.8 Å². The first-order valence-corrected chi connectivity index (χ1v) is 12.2. The lowest BCUT2D eigenvalue weighted by atomic mass is 9.88. The quantitative estimate of drug-likeness (QED) is 0.411. The van der Waals surface area contributed by atoms with Crippen LogP contribution in [-0.2, 0) is 16.0 Å². The number of nitrogens with one attached hydrogen (secondary N) is 1. The Morgan fingerprint density at radius 1 is 0.906 bits per heavy atom. The van der Waals surface area contributed by atoms with Crippen molar-refractivity contribution in [3.8, 4) is 0 Å². The highest BCUT2D eigenvalue weighted by atomic mass is 32.1. The van der Waals surface area contributed by atoms with Gasteiger partial charge in [0.15, 0.2) is 0 Å². The minimum Gasteiger partial charge on any atom is -0.356 e. The molecule has 32 heavy (non-hydrogen) atoms. The van der Waals surface area contributed by atoms with Crippen LogP contribution in [0.25, 0.3) is 0 Å². The van der Waals surface area contributed by atoms with Crippen molar-refractivity contribution < 1.29 is 9.59 Å². The van der Waals surface area contributed by atoms with E-state index in [-0.39, 0.29) is 17.7 Å². The first-order valence-electron chi connectivity index (χ1n) is 11.3. The van der Waals surface area contributed by atoms with Gasteiger partial charge in [-0.25, -0.2) is 0 Å². The Labute approximate surface area is 195 Å². The van der Waals surface area contributed by atoms with Crippen LogP contribution in [0.2, 0.25) is 0 Å². The second-order valence-electron chi connectivity index (χ2n) is 7.90. The topological polar surface area (TPSA) is 49.4 Å². The zero-order valence-electron chi connectivity index (χ0n) is 18.7. The summed E-state index contributed by atoms with van der Waals surface area (Å²) < 4.78 is 0. The minimum atomic E-state index is -0.00472. The van der Waals surface area contributed by atoms with Crippen LogP contribution in [0.3, 0.4) is 0 Å². The maximum atomic E-state index is 12.6. The Morgan fingerprint density at radius 3 is 2.12 bits per heavy atom. The Bertz CT molecular complexity index is 903. The lowest BCUT2D eigenvalue weighted by Crippen LogP contribution is -2.37. The number of hydrogen-bond donors (Lipinski definition) is 1. The Morgan fingerprint density at radius 2 is 1.56 bits per heavy atom. The average molecular weight is 449 g/mol. The average Bonchev–Trinajstić information content (AvgIpc) is 3.33. The predicted octanol–water partition coefficient (Wildman–Crippen LogP) is 5.26. The van der Waals surface area contributed by atoms with E-state index in [9.17, 15) is 9.59 Å². The highest BCUT2D eigenvalue weighted by Gasteiger charge is 2.17. The molecule has 0 bridgehead atoms. The van der Waals surface area contributed by atoms with Gasteiger partial charge in [-0.3, -0.25) is 9.59 Å². The SMILES string of the molecule is CCCN(CCC(=O)NCCC(c1ccccc1)c1ccccc1)C(=O)Cc1cccs1. The Balaban J connectivity index is 1.49. The molecule has 1 N–H and O–H groups in total. The summed E-state index contributed by atoms with van der Waals surface area (Å²) in [5.74, 6) is 0.326. The lowest BCUT2D eigenvalue weighted by Gasteiger charge is -2.22. The number of nitrogens with zero attached hydrogens (tertiary/aromatic N) is 1. The van der Waals surface area contributed by atoms with Crippen molar-refractivity contribution in [2.24, 2.45) is 0 Å². The molecule has 0 fully saturated rings. The van der Waals surface area contributed by atoms with Crippen molar-refractivity contribution in [2.75, 3.05) is 19.6 Å². The first kappa shape index (κ1) is 23.7. The van der Waals surface area contributed by atoms with Crippen molar-refractivity contribution in [1.29, 1.82) is 0 Å². The summed E-state index contributed by atoms with van der Waals surface area (Å²) >= 11 is 1.59. The zero-order valence-corrected chi connectivity index (χ0v) is 19.5. The van der Waals surface area contributed by atoms with Crippen molar-refractivity contribution in [1.82, 2.24) is 10.2 Å². The van der Waals surface area contributed by atoms with Crippen LogP contribution in [-0.4, -0.2) is 36.3 Å². The standard InChI is InChI=1S/C27H32N2O2S/c1-2-18-29(27(31)21-24-14-9-20-32-24)19-16-26(30)28-17-15-25(22-10-5-3-6-11-22)23-12-7-4-8-13-23/h3-14,20,25H,2,15-19,21H2,1H3,(H,28,30). The van der Waals surface area contributed by atoms with E-state index in [1.54, 1.807) is 11.3 Å². The third-order valence-corrected chi connectivity index (χ3v) is 6.40. The van der Waals surface area contributed by atoms with Crippen LogP contribution >= 0.6 is 11.3 Å². The predicted molar refractivity (Wildman–Crippen MR) is 132 cm³/mol. The van der Waals surface area contributed by atoms with E-state index in [0.29, 0.717) is 32.5 Å². The summed E-state index contributed by atoms with van der Waals surface area (Å²) in [6, 6.07) is 24.8. The molecule has 1 heterocycles. The highest BCUT2D eigenvalue weighted by Crippen LogP contribution is 2.27. The molecule has 0 aliphatic rings. The van der Waals surface area contributed by atoms with E-state index in [1.165, 1.54) is 11.1 Å². The van der Waals surface area contributed by atoms with Crippen LogP contribution in [0.15, 0.2) is 78.2 Å². The van der Waals surface area contributed by atoms with Crippen LogP contribution in [0.1, 0.15) is 48.1 Å². The molecule has 4 nitrogen and oxygen atoms in total. The first-order chi connectivity index (χ1) is 15.7. The van der Waals surface area contributed by atoms with Crippen LogP contribution in [0.5, 0.6) is 0 Å². The largest absolute Gasteiger partial charge is 0.356 e. The third-order valence-electron chi connectivity index (χ3n) is 5.52. The molecule has 168 valence electrons. The fraction of sp³-hybridized carbons (Fsp3) is 0.333. The molecular weight excluding hydrogens is 416 g/mol. The van der Waals surface area contributed by atoms with Crippen molar-refractivity contribution in [3.05, 3.63) is 94.2 Å². The molecule has 0 spiro atoms.